The Kier molecular flexibility index (Phi) is 7.70. The molecule has 0 amide bonds. The van der Waals surface area contributed by atoms with Crippen LogP contribution in [-0.4, -0.2) is 65.3 Å². The Morgan fingerprint density at radius 2 is 1.71 bits per heavy atom. The topological polar surface area (TPSA) is 94.4 Å². The number of nitrogens with zero attached hydrogens (tertiary/aromatic N) is 4. The van der Waals surface area contributed by atoms with Crippen LogP contribution in [0.5, 0.6) is 0 Å². The molecule has 0 N–H and O–H groups in total. The van der Waals surface area contributed by atoms with Gasteiger partial charge in [-0.2, -0.15) is 4.31 Å². The first-order valence-corrected chi connectivity index (χ1v) is 14.4. The number of aromatic nitrogens is 3. The van der Waals surface area contributed by atoms with Crippen molar-refractivity contribution in [1.29, 1.82) is 0 Å². The third-order valence-electron chi connectivity index (χ3n) is 6.20. The summed E-state index contributed by atoms with van der Waals surface area (Å²) in [5.74, 6) is -0.0459. The van der Waals surface area contributed by atoms with Gasteiger partial charge in [-0.05, 0) is 61.0 Å². The highest BCUT2D eigenvalue weighted by atomic mass is 32.2. The number of ketones is 1. The van der Waals surface area contributed by atoms with Gasteiger partial charge in [0.2, 0.25) is 10.0 Å². The molecular formula is C27H25FN4O4S2. The average Bonchev–Trinajstić information content (AvgIpc) is 3.37. The number of carbonyl (C=O) groups is 1. The fourth-order valence-electron chi connectivity index (χ4n) is 4.14. The lowest BCUT2D eigenvalue weighted by Crippen LogP contribution is -2.40. The normalized spacial score (nSPS) is 14.5. The summed E-state index contributed by atoms with van der Waals surface area (Å²) in [6, 6.07) is 19.8. The molecule has 5 rings (SSSR count). The largest absolute Gasteiger partial charge is 0.379 e. The molecule has 196 valence electrons. The first-order chi connectivity index (χ1) is 18.3. The van der Waals surface area contributed by atoms with Gasteiger partial charge >= 0.3 is 0 Å². The zero-order valence-corrected chi connectivity index (χ0v) is 22.2. The van der Waals surface area contributed by atoms with Gasteiger partial charge in [0.25, 0.3) is 0 Å². The smallest absolute Gasteiger partial charge is 0.243 e. The van der Waals surface area contributed by atoms with Gasteiger partial charge in [-0.3, -0.25) is 9.36 Å². The Balaban J connectivity index is 1.52. The van der Waals surface area contributed by atoms with Crippen molar-refractivity contribution >= 4 is 27.6 Å². The zero-order chi connectivity index (χ0) is 26.7. The molecule has 0 saturated carbocycles. The number of rotatable bonds is 8. The van der Waals surface area contributed by atoms with Crippen molar-refractivity contribution in [2.75, 3.05) is 32.1 Å². The summed E-state index contributed by atoms with van der Waals surface area (Å²) < 4.78 is 48.5. The fraction of sp³-hybridized carbons (Fsp3) is 0.222. The van der Waals surface area contributed by atoms with Crippen molar-refractivity contribution in [3.63, 3.8) is 0 Å². The lowest BCUT2D eigenvalue weighted by molar-refractivity contribution is 0.0730. The number of Topliss-reactive ketones (excluding diaryl/α,β-unsaturated/α-hetero) is 1. The molecular weight excluding hydrogens is 527 g/mol. The molecule has 2 heterocycles. The maximum atomic E-state index is 13.3. The molecule has 1 aliphatic rings. The molecule has 38 heavy (non-hydrogen) atoms. The summed E-state index contributed by atoms with van der Waals surface area (Å²) in [5, 5.41) is 9.26. The minimum absolute atomic E-state index is 0.0705. The lowest BCUT2D eigenvalue weighted by atomic mass is 10.1. The van der Waals surface area contributed by atoms with Gasteiger partial charge in [-0.15, -0.1) is 10.2 Å². The monoisotopic (exact) mass is 552 g/mol. The lowest BCUT2D eigenvalue weighted by Gasteiger charge is -2.26. The van der Waals surface area contributed by atoms with E-state index in [0.717, 1.165) is 11.3 Å². The van der Waals surface area contributed by atoms with Gasteiger partial charge in [-0.1, -0.05) is 36.0 Å². The Morgan fingerprint density at radius 1 is 1.00 bits per heavy atom. The van der Waals surface area contributed by atoms with Crippen molar-refractivity contribution in [2.45, 2.75) is 17.0 Å². The highest BCUT2D eigenvalue weighted by molar-refractivity contribution is 7.99. The number of carbonyl (C=O) groups excluding carboxylic acids is 1. The molecule has 1 aliphatic heterocycles. The summed E-state index contributed by atoms with van der Waals surface area (Å²) in [6.45, 7) is 3.20. The number of ether oxygens (including phenoxy) is 1. The second-order valence-electron chi connectivity index (χ2n) is 8.69. The van der Waals surface area contributed by atoms with Crippen LogP contribution in [0.2, 0.25) is 0 Å². The third kappa shape index (κ3) is 5.41. The fourth-order valence-corrected chi connectivity index (χ4v) is 6.42. The highest BCUT2D eigenvalue weighted by Crippen LogP contribution is 2.32. The molecule has 1 fully saturated rings. The molecule has 0 radical (unpaired) electrons. The summed E-state index contributed by atoms with van der Waals surface area (Å²) in [5.41, 5.74) is 2.62. The van der Waals surface area contributed by atoms with Crippen LogP contribution in [-0.2, 0) is 14.8 Å². The number of halogens is 1. The van der Waals surface area contributed by atoms with E-state index in [0.29, 0.717) is 48.4 Å². The van der Waals surface area contributed by atoms with E-state index in [1.807, 2.05) is 41.8 Å². The number of hydrogen-bond donors (Lipinski definition) is 0. The van der Waals surface area contributed by atoms with Crippen LogP contribution in [0.4, 0.5) is 4.39 Å². The standard InChI is InChI=1S/C27H25FN4O4S2/c1-19-7-12-23(38(34,35)31-13-15-36-16-14-31)17-24(19)26-29-30-27(32(26)22-5-3-2-4-6-22)37-18-25(33)20-8-10-21(28)11-9-20/h2-12,17H,13-16,18H2,1H3. The van der Waals surface area contributed by atoms with Crippen molar-refractivity contribution in [1.82, 2.24) is 19.1 Å². The van der Waals surface area contributed by atoms with E-state index in [2.05, 4.69) is 10.2 Å². The van der Waals surface area contributed by atoms with E-state index in [4.69, 9.17) is 4.74 Å². The van der Waals surface area contributed by atoms with Gasteiger partial charge in [0.05, 0.1) is 23.9 Å². The van der Waals surface area contributed by atoms with Gasteiger partial charge in [0.15, 0.2) is 16.8 Å². The van der Waals surface area contributed by atoms with Crippen molar-refractivity contribution in [3.8, 4) is 17.1 Å². The first-order valence-electron chi connectivity index (χ1n) is 12.0. The van der Waals surface area contributed by atoms with Crippen LogP contribution >= 0.6 is 11.8 Å². The Labute approximate surface area is 224 Å². The first kappa shape index (κ1) is 26.2. The Morgan fingerprint density at radius 3 is 2.42 bits per heavy atom. The molecule has 0 aliphatic carbocycles. The quantitative estimate of drug-likeness (QED) is 0.237. The molecule has 0 spiro atoms. The van der Waals surface area contributed by atoms with Crippen LogP contribution in [0.3, 0.4) is 0 Å². The number of thioether (sulfide) groups is 1. The predicted molar refractivity (Wildman–Crippen MR) is 143 cm³/mol. The molecule has 11 heteroatoms. The summed E-state index contributed by atoms with van der Waals surface area (Å²) >= 11 is 1.21. The van der Waals surface area contributed by atoms with Crippen LogP contribution in [0.1, 0.15) is 15.9 Å². The molecule has 3 aromatic carbocycles. The Hall–Kier alpha value is -3.38. The second kappa shape index (κ2) is 11.2. The van der Waals surface area contributed by atoms with Crippen LogP contribution in [0.15, 0.2) is 82.8 Å². The van der Waals surface area contributed by atoms with Crippen molar-refractivity contribution in [2.24, 2.45) is 0 Å². The zero-order valence-electron chi connectivity index (χ0n) is 20.6. The van der Waals surface area contributed by atoms with Gasteiger partial charge < -0.3 is 4.74 Å². The molecule has 4 aromatic rings. The van der Waals surface area contributed by atoms with Gasteiger partial charge in [0.1, 0.15) is 5.82 Å². The second-order valence-corrected chi connectivity index (χ2v) is 11.6. The van der Waals surface area contributed by atoms with E-state index in [9.17, 15) is 17.6 Å². The molecule has 0 atom stereocenters. The van der Waals surface area contributed by atoms with Crippen LogP contribution in [0.25, 0.3) is 17.1 Å². The number of benzene rings is 3. The molecule has 8 nitrogen and oxygen atoms in total. The maximum Gasteiger partial charge on any atom is 0.243 e. The van der Waals surface area contributed by atoms with E-state index < -0.39 is 15.8 Å². The molecule has 0 unspecified atom stereocenters. The molecule has 1 saturated heterocycles. The third-order valence-corrected chi connectivity index (χ3v) is 9.03. The number of sulfonamides is 1. The predicted octanol–water partition coefficient (Wildman–Crippen LogP) is 4.38. The number of para-hydroxylation sites is 1. The maximum absolute atomic E-state index is 13.3. The van der Waals surface area contributed by atoms with E-state index >= 15 is 0 Å². The highest BCUT2D eigenvalue weighted by Gasteiger charge is 2.28. The van der Waals surface area contributed by atoms with Crippen LogP contribution in [0, 0.1) is 12.7 Å². The van der Waals surface area contributed by atoms with E-state index in [1.165, 1.54) is 40.3 Å². The SMILES string of the molecule is Cc1ccc(S(=O)(=O)N2CCOCC2)cc1-c1nnc(SCC(=O)c2ccc(F)cc2)n1-c1ccccc1. The minimum atomic E-state index is -3.72. The number of morpholine rings is 1. The number of aryl methyl sites for hydroxylation is 1. The minimum Gasteiger partial charge on any atom is -0.379 e. The molecule has 1 aromatic heterocycles. The van der Waals surface area contributed by atoms with Gasteiger partial charge in [-0.25, -0.2) is 12.8 Å². The Bertz CT molecular complexity index is 1550. The van der Waals surface area contributed by atoms with E-state index in [-0.39, 0.29) is 16.4 Å². The van der Waals surface area contributed by atoms with Gasteiger partial charge in [0, 0.05) is 29.9 Å². The average molecular weight is 553 g/mol. The van der Waals surface area contributed by atoms with E-state index in [1.54, 1.807) is 18.2 Å². The number of hydrogen-bond acceptors (Lipinski definition) is 7. The van der Waals surface area contributed by atoms with Crippen molar-refractivity contribution in [3.05, 3.63) is 89.7 Å². The summed E-state index contributed by atoms with van der Waals surface area (Å²) in [4.78, 5) is 12.9. The van der Waals surface area contributed by atoms with Crippen LogP contribution < -0.4 is 0 Å². The summed E-state index contributed by atoms with van der Waals surface area (Å²) in [7, 11) is -3.72. The van der Waals surface area contributed by atoms with Crippen molar-refractivity contribution < 1.29 is 22.3 Å². The molecule has 0 bridgehead atoms. The summed E-state index contributed by atoms with van der Waals surface area (Å²) in [6.07, 6.45) is 0.